The highest BCUT2D eigenvalue weighted by atomic mass is 32.1. The second-order valence-corrected chi connectivity index (χ2v) is 4.60. The maximum atomic E-state index is 10.9. The van der Waals surface area contributed by atoms with E-state index in [1.165, 1.54) is 0 Å². The fourth-order valence-electron chi connectivity index (χ4n) is 1.98. The van der Waals surface area contributed by atoms with Gasteiger partial charge in [-0.25, -0.2) is 0 Å². The van der Waals surface area contributed by atoms with Crippen molar-refractivity contribution in [3.63, 3.8) is 0 Å². The van der Waals surface area contributed by atoms with E-state index in [0.29, 0.717) is 13.2 Å². The Morgan fingerprint density at radius 3 is 2.88 bits per heavy atom. The van der Waals surface area contributed by atoms with Crippen LogP contribution in [0.4, 0.5) is 0 Å². The van der Waals surface area contributed by atoms with Crippen LogP contribution in [0.1, 0.15) is 18.0 Å². The number of thiophene rings is 1. The zero-order chi connectivity index (χ0) is 11.4. The lowest BCUT2D eigenvalue weighted by atomic mass is 10.1. The minimum atomic E-state index is -0.748. The summed E-state index contributed by atoms with van der Waals surface area (Å²) < 4.78 is 5.29. The van der Waals surface area contributed by atoms with Crippen LogP contribution in [0.3, 0.4) is 0 Å². The van der Waals surface area contributed by atoms with Gasteiger partial charge in [-0.1, -0.05) is 0 Å². The van der Waals surface area contributed by atoms with Gasteiger partial charge in [0.15, 0.2) is 0 Å². The molecule has 0 spiro atoms. The van der Waals surface area contributed by atoms with E-state index in [2.05, 4.69) is 4.90 Å². The zero-order valence-corrected chi connectivity index (χ0v) is 9.78. The zero-order valence-electron chi connectivity index (χ0n) is 8.96. The van der Waals surface area contributed by atoms with Crippen LogP contribution in [0.15, 0.2) is 16.8 Å². The van der Waals surface area contributed by atoms with Gasteiger partial charge in [0.2, 0.25) is 0 Å². The molecule has 1 atom stereocenters. The number of morpholine rings is 1. The molecular weight excluding hydrogens is 226 g/mol. The number of carboxylic acids is 1. The molecule has 1 aromatic heterocycles. The third kappa shape index (κ3) is 2.81. The number of nitrogens with zero attached hydrogens (tertiary/aromatic N) is 1. The molecule has 0 radical (unpaired) electrons. The third-order valence-corrected chi connectivity index (χ3v) is 3.48. The van der Waals surface area contributed by atoms with Crippen LogP contribution in [0.25, 0.3) is 0 Å². The molecule has 1 N–H and O–H groups in total. The molecule has 5 heteroatoms. The lowest BCUT2D eigenvalue weighted by molar-refractivity contribution is -0.139. The molecule has 0 bridgehead atoms. The van der Waals surface area contributed by atoms with Crippen molar-refractivity contribution in [2.45, 2.75) is 12.5 Å². The second-order valence-electron chi connectivity index (χ2n) is 3.82. The van der Waals surface area contributed by atoms with Gasteiger partial charge in [0.25, 0.3) is 0 Å². The fraction of sp³-hybridized carbons (Fsp3) is 0.545. The first-order valence-electron chi connectivity index (χ1n) is 5.33. The smallest absolute Gasteiger partial charge is 0.305 e. The number of carbonyl (C=O) groups is 1. The Kier molecular flexibility index (Phi) is 3.93. The van der Waals surface area contributed by atoms with E-state index >= 15 is 0 Å². The van der Waals surface area contributed by atoms with Crippen molar-refractivity contribution in [3.05, 3.63) is 22.4 Å². The minimum absolute atomic E-state index is 0.00681. The number of hydrogen-bond acceptors (Lipinski definition) is 4. The van der Waals surface area contributed by atoms with E-state index in [9.17, 15) is 4.79 Å². The van der Waals surface area contributed by atoms with Crippen LogP contribution in [-0.2, 0) is 9.53 Å². The van der Waals surface area contributed by atoms with E-state index in [0.717, 1.165) is 18.7 Å². The first-order chi connectivity index (χ1) is 7.77. The van der Waals surface area contributed by atoms with Gasteiger partial charge < -0.3 is 9.84 Å². The molecular formula is C11H15NO3S. The predicted octanol–water partition coefficient (Wildman–Crippen LogP) is 1.60. The van der Waals surface area contributed by atoms with Gasteiger partial charge in [-0.2, -0.15) is 11.3 Å². The Balaban J connectivity index is 2.10. The average Bonchev–Trinajstić information content (AvgIpc) is 2.80. The van der Waals surface area contributed by atoms with Crippen molar-refractivity contribution in [1.82, 2.24) is 4.90 Å². The van der Waals surface area contributed by atoms with Crippen molar-refractivity contribution >= 4 is 17.3 Å². The van der Waals surface area contributed by atoms with Crippen molar-refractivity contribution in [2.75, 3.05) is 26.3 Å². The summed E-state index contributed by atoms with van der Waals surface area (Å²) in [4.78, 5) is 13.1. The molecule has 88 valence electrons. The van der Waals surface area contributed by atoms with Gasteiger partial charge in [-0.05, 0) is 22.4 Å². The summed E-state index contributed by atoms with van der Waals surface area (Å²) in [5.41, 5.74) is 1.11. The lowest BCUT2D eigenvalue weighted by Crippen LogP contribution is -2.39. The lowest BCUT2D eigenvalue weighted by Gasteiger charge is -2.33. The molecule has 4 nitrogen and oxygen atoms in total. The maximum Gasteiger partial charge on any atom is 0.305 e. The fourth-order valence-corrected chi connectivity index (χ4v) is 2.68. The van der Waals surface area contributed by atoms with E-state index in [1.807, 2.05) is 16.8 Å². The molecule has 1 saturated heterocycles. The van der Waals surface area contributed by atoms with Crippen molar-refractivity contribution < 1.29 is 14.6 Å². The van der Waals surface area contributed by atoms with Crippen molar-refractivity contribution in [2.24, 2.45) is 0 Å². The van der Waals surface area contributed by atoms with Gasteiger partial charge in [-0.15, -0.1) is 0 Å². The SMILES string of the molecule is O=C(O)CC(c1ccsc1)N1CCOCC1. The first-order valence-corrected chi connectivity index (χ1v) is 6.27. The predicted molar refractivity (Wildman–Crippen MR) is 61.7 cm³/mol. The minimum Gasteiger partial charge on any atom is -0.481 e. The molecule has 1 aromatic rings. The molecule has 1 aliphatic heterocycles. The first kappa shape index (κ1) is 11.6. The normalized spacial score (nSPS) is 19.5. The molecule has 1 aliphatic rings. The monoisotopic (exact) mass is 241 g/mol. The van der Waals surface area contributed by atoms with E-state index in [-0.39, 0.29) is 12.5 Å². The van der Waals surface area contributed by atoms with Gasteiger partial charge in [-0.3, -0.25) is 9.69 Å². The second kappa shape index (κ2) is 5.43. The Hall–Kier alpha value is -0.910. The molecule has 0 aromatic carbocycles. The van der Waals surface area contributed by atoms with Crippen molar-refractivity contribution in [1.29, 1.82) is 0 Å². The summed E-state index contributed by atoms with van der Waals surface area (Å²) in [6.45, 7) is 3.02. The molecule has 0 aliphatic carbocycles. The van der Waals surface area contributed by atoms with Crippen LogP contribution in [0.2, 0.25) is 0 Å². The highest BCUT2D eigenvalue weighted by Crippen LogP contribution is 2.26. The Labute approximate surface area is 98.4 Å². The van der Waals surface area contributed by atoms with E-state index in [4.69, 9.17) is 9.84 Å². The summed E-state index contributed by atoms with van der Waals surface area (Å²) in [6, 6.07) is 2.00. The number of rotatable bonds is 4. The maximum absolute atomic E-state index is 10.9. The largest absolute Gasteiger partial charge is 0.481 e. The standard InChI is InChI=1S/C11H15NO3S/c13-11(14)7-10(9-1-6-16-8-9)12-2-4-15-5-3-12/h1,6,8,10H,2-5,7H2,(H,13,14). The van der Waals surface area contributed by atoms with E-state index in [1.54, 1.807) is 11.3 Å². The van der Waals surface area contributed by atoms with E-state index < -0.39 is 5.97 Å². The summed E-state index contributed by atoms with van der Waals surface area (Å²) in [5, 5.41) is 13.0. The number of hydrogen-bond donors (Lipinski definition) is 1. The summed E-state index contributed by atoms with van der Waals surface area (Å²) in [6.07, 6.45) is 0.163. The highest BCUT2D eigenvalue weighted by molar-refractivity contribution is 7.07. The highest BCUT2D eigenvalue weighted by Gasteiger charge is 2.24. The van der Waals surface area contributed by atoms with Crippen molar-refractivity contribution in [3.8, 4) is 0 Å². The average molecular weight is 241 g/mol. The summed E-state index contributed by atoms with van der Waals surface area (Å²) >= 11 is 1.61. The van der Waals surface area contributed by atoms with Gasteiger partial charge in [0.1, 0.15) is 0 Å². The molecule has 1 fully saturated rings. The molecule has 2 heterocycles. The number of carboxylic acid groups (broad SMARTS) is 1. The van der Waals surface area contributed by atoms with Gasteiger partial charge >= 0.3 is 5.97 Å². The molecule has 0 saturated carbocycles. The Morgan fingerprint density at radius 1 is 1.56 bits per heavy atom. The van der Waals surface area contributed by atoms with Crippen LogP contribution >= 0.6 is 11.3 Å². The van der Waals surface area contributed by atoms with Gasteiger partial charge in [0, 0.05) is 19.1 Å². The number of aliphatic carboxylic acids is 1. The number of ether oxygens (including phenoxy) is 1. The van der Waals surface area contributed by atoms with Crippen LogP contribution in [0.5, 0.6) is 0 Å². The molecule has 2 rings (SSSR count). The quantitative estimate of drug-likeness (QED) is 0.870. The van der Waals surface area contributed by atoms with Crippen LogP contribution in [-0.4, -0.2) is 42.3 Å². The molecule has 1 unspecified atom stereocenters. The van der Waals surface area contributed by atoms with Crippen LogP contribution in [0, 0.1) is 0 Å². The van der Waals surface area contributed by atoms with Crippen LogP contribution < -0.4 is 0 Å². The summed E-state index contributed by atoms with van der Waals surface area (Å²) in [5.74, 6) is -0.748. The summed E-state index contributed by atoms with van der Waals surface area (Å²) in [7, 11) is 0. The molecule has 16 heavy (non-hydrogen) atoms. The molecule has 0 amide bonds. The Morgan fingerprint density at radius 2 is 2.31 bits per heavy atom. The van der Waals surface area contributed by atoms with Gasteiger partial charge in [0.05, 0.1) is 19.6 Å². The third-order valence-electron chi connectivity index (χ3n) is 2.78. The topological polar surface area (TPSA) is 49.8 Å². The Bertz CT molecular complexity index is 333.